The van der Waals surface area contributed by atoms with E-state index < -0.39 is 0 Å². The lowest BCUT2D eigenvalue weighted by Gasteiger charge is -2.12. The average Bonchev–Trinajstić information content (AvgIpc) is 3.21. The third kappa shape index (κ3) is 2.09. The van der Waals surface area contributed by atoms with Gasteiger partial charge in [0.05, 0.1) is 30.7 Å². The summed E-state index contributed by atoms with van der Waals surface area (Å²) < 4.78 is 12.3. The molecule has 8 nitrogen and oxygen atoms in total. The van der Waals surface area contributed by atoms with Gasteiger partial charge in [0.2, 0.25) is 0 Å². The van der Waals surface area contributed by atoms with Gasteiger partial charge >= 0.3 is 6.09 Å². The van der Waals surface area contributed by atoms with Crippen molar-refractivity contribution >= 4 is 22.7 Å². The van der Waals surface area contributed by atoms with Crippen LogP contribution in [0, 0.1) is 6.92 Å². The largest absolute Gasteiger partial charge is 0.442 e. The normalized spacial score (nSPS) is 18.1. The van der Waals surface area contributed by atoms with Gasteiger partial charge in [0, 0.05) is 17.6 Å². The van der Waals surface area contributed by atoms with Crippen molar-refractivity contribution in [1.82, 2.24) is 20.2 Å². The van der Waals surface area contributed by atoms with Gasteiger partial charge in [-0.2, -0.15) is 0 Å². The highest BCUT2D eigenvalue weighted by atomic mass is 16.6. The van der Waals surface area contributed by atoms with E-state index in [1.165, 1.54) is 0 Å². The van der Waals surface area contributed by atoms with E-state index in [2.05, 4.69) is 15.5 Å². The monoisotopic (exact) mass is 299 g/mol. The van der Waals surface area contributed by atoms with Crippen LogP contribution >= 0.6 is 0 Å². The van der Waals surface area contributed by atoms with Crippen LogP contribution in [-0.4, -0.2) is 38.9 Å². The Kier molecular flexibility index (Phi) is 2.81. The van der Waals surface area contributed by atoms with Crippen molar-refractivity contribution in [2.45, 2.75) is 19.6 Å². The van der Waals surface area contributed by atoms with E-state index in [1.807, 2.05) is 19.1 Å². The molecule has 3 aromatic rings. The molecule has 0 saturated carbocycles. The van der Waals surface area contributed by atoms with Crippen LogP contribution in [-0.2, 0) is 11.3 Å². The fourth-order valence-electron chi connectivity index (χ4n) is 2.59. The quantitative estimate of drug-likeness (QED) is 0.732. The van der Waals surface area contributed by atoms with Crippen LogP contribution in [0.4, 0.5) is 10.5 Å². The summed E-state index contributed by atoms with van der Waals surface area (Å²) in [5.74, 6) is 0. The number of carbonyl (C=O) groups excluding carboxylic acids is 1. The molecule has 1 saturated heterocycles. The smallest absolute Gasteiger partial charge is 0.414 e. The minimum atomic E-state index is -0.374. The summed E-state index contributed by atoms with van der Waals surface area (Å²) in [6, 6.07) is 5.56. The highest BCUT2D eigenvalue weighted by Gasteiger charge is 2.33. The highest BCUT2D eigenvalue weighted by molar-refractivity contribution is 5.93. The van der Waals surface area contributed by atoms with Crippen LogP contribution in [0.2, 0.25) is 0 Å². The Balaban J connectivity index is 1.57. The molecule has 0 bridgehead atoms. The summed E-state index contributed by atoms with van der Waals surface area (Å²) in [6.45, 7) is 2.81. The number of hydrogen-bond acceptors (Lipinski definition) is 6. The molecule has 4 rings (SSSR count). The Labute approximate surface area is 125 Å². The summed E-state index contributed by atoms with van der Waals surface area (Å²) in [7, 11) is 0. The molecular weight excluding hydrogens is 286 g/mol. The summed E-state index contributed by atoms with van der Waals surface area (Å²) in [5.41, 5.74) is 2.21. The van der Waals surface area contributed by atoms with Gasteiger partial charge in [0.15, 0.2) is 5.58 Å². The van der Waals surface area contributed by atoms with Gasteiger partial charge in [-0.05, 0) is 19.1 Å². The molecule has 3 heterocycles. The number of fused-ring (bicyclic) bond motifs is 1. The molecule has 8 heteroatoms. The van der Waals surface area contributed by atoms with Crippen LogP contribution in [0.1, 0.15) is 5.69 Å². The molecule has 1 fully saturated rings. The lowest BCUT2D eigenvalue weighted by molar-refractivity contribution is 0.129. The molecule has 1 amide bonds. The molecule has 1 aliphatic rings. The third-order valence-electron chi connectivity index (χ3n) is 3.68. The first-order chi connectivity index (χ1) is 10.7. The second kappa shape index (κ2) is 4.83. The van der Waals surface area contributed by atoms with Crippen molar-refractivity contribution in [3.63, 3.8) is 0 Å². The predicted octanol–water partition coefficient (Wildman–Crippen LogP) is 1.75. The summed E-state index contributed by atoms with van der Waals surface area (Å²) in [4.78, 5) is 13.6. The van der Waals surface area contributed by atoms with Crippen LogP contribution in [0.25, 0.3) is 11.0 Å². The first-order valence-corrected chi connectivity index (χ1v) is 6.89. The molecule has 0 radical (unpaired) electrons. The standard InChI is InChI=1S/C14H13N5O3/c1-9-12-3-2-10(6-13(12)22-16-9)19-8-11(21-14(19)20)7-18-5-4-15-17-18/h2-6,11H,7-8H2,1H3. The topological polar surface area (TPSA) is 86.3 Å². The van der Waals surface area contributed by atoms with E-state index in [-0.39, 0.29) is 12.2 Å². The Morgan fingerprint density at radius 3 is 3.14 bits per heavy atom. The van der Waals surface area contributed by atoms with E-state index in [4.69, 9.17) is 9.26 Å². The Hall–Kier alpha value is -2.90. The van der Waals surface area contributed by atoms with Gasteiger partial charge in [0.1, 0.15) is 6.10 Å². The lowest BCUT2D eigenvalue weighted by Crippen LogP contribution is -2.26. The minimum absolute atomic E-state index is 0.263. The molecular formula is C14H13N5O3. The minimum Gasteiger partial charge on any atom is -0.442 e. The number of ether oxygens (including phenoxy) is 1. The van der Waals surface area contributed by atoms with E-state index in [0.717, 1.165) is 16.8 Å². The SMILES string of the molecule is Cc1noc2cc(N3CC(Cn4ccnn4)OC3=O)ccc12. The Morgan fingerprint density at radius 2 is 2.32 bits per heavy atom. The van der Waals surface area contributed by atoms with E-state index in [0.29, 0.717) is 18.7 Å². The second-order valence-electron chi connectivity index (χ2n) is 5.19. The summed E-state index contributed by atoms with van der Waals surface area (Å²) in [5, 5.41) is 12.5. The number of cyclic esters (lactones) is 1. The number of aromatic nitrogens is 4. The van der Waals surface area contributed by atoms with Crippen LogP contribution in [0.5, 0.6) is 0 Å². The fraction of sp³-hybridized carbons (Fsp3) is 0.286. The van der Waals surface area contributed by atoms with Crippen molar-refractivity contribution in [2.75, 3.05) is 11.4 Å². The van der Waals surface area contributed by atoms with Gasteiger partial charge < -0.3 is 9.26 Å². The second-order valence-corrected chi connectivity index (χ2v) is 5.19. The first-order valence-electron chi connectivity index (χ1n) is 6.89. The third-order valence-corrected chi connectivity index (χ3v) is 3.68. The zero-order valence-electron chi connectivity index (χ0n) is 11.8. The number of hydrogen-bond donors (Lipinski definition) is 0. The van der Waals surface area contributed by atoms with E-state index >= 15 is 0 Å². The summed E-state index contributed by atoms with van der Waals surface area (Å²) in [6.07, 6.45) is 2.69. The zero-order valence-corrected chi connectivity index (χ0v) is 11.8. The van der Waals surface area contributed by atoms with Gasteiger partial charge in [-0.25, -0.2) is 9.48 Å². The van der Waals surface area contributed by atoms with Crippen molar-refractivity contribution < 1.29 is 14.1 Å². The predicted molar refractivity (Wildman–Crippen MR) is 76.4 cm³/mol. The van der Waals surface area contributed by atoms with Gasteiger partial charge in [-0.3, -0.25) is 4.90 Å². The number of rotatable bonds is 3. The number of carbonyl (C=O) groups is 1. The molecule has 1 aromatic carbocycles. The van der Waals surface area contributed by atoms with Crippen molar-refractivity contribution in [3.05, 3.63) is 36.3 Å². The Morgan fingerprint density at radius 1 is 1.41 bits per heavy atom. The van der Waals surface area contributed by atoms with Crippen molar-refractivity contribution in [3.8, 4) is 0 Å². The van der Waals surface area contributed by atoms with Gasteiger partial charge in [-0.1, -0.05) is 10.4 Å². The zero-order chi connectivity index (χ0) is 15.1. The molecule has 112 valence electrons. The molecule has 2 aromatic heterocycles. The van der Waals surface area contributed by atoms with Crippen molar-refractivity contribution in [2.24, 2.45) is 0 Å². The number of amides is 1. The molecule has 22 heavy (non-hydrogen) atoms. The molecule has 1 unspecified atom stereocenters. The van der Waals surface area contributed by atoms with Crippen molar-refractivity contribution in [1.29, 1.82) is 0 Å². The first kappa shape index (κ1) is 12.8. The van der Waals surface area contributed by atoms with Crippen LogP contribution in [0.3, 0.4) is 0 Å². The highest BCUT2D eigenvalue weighted by Crippen LogP contribution is 2.27. The van der Waals surface area contributed by atoms with Gasteiger partial charge in [0.25, 0.3) is 0 Å². The van der Waals surface area contributed by atoms with Crippen LogP contribution < -0.4 is 4.90 Å². The molecule has 0 spiro atoms. The molecule has 1 aliphatic heterocycles. The van der Waals surface area contributed by atoms with Crippen LogP contribution in [0.15, 0.2) is 35.1 Å². The number of anilines is 1. The molecule has 0 aliphatic carbocycles. The van der Waals surface area contributed by atoms with E-state index in [9.17, 15) is 4.79 Å². The number of aryl methyl sites for hydroxylation is 1. The lowest BCUT2D eigenvalue weighted by atomic mass is 10.2. The molecule has 1 atom stereocenters. The maximum Gasteiger partial charge on any atom is 0.414 e. The maximum absolute atomic E-state index is 12.1. The maximum atomic E-state index is 12.1. The average molecular weight is 299 g/mol. The Bertz CT molecular complexity index is 826. The number of nitrogens with zero attached hydrogens (tertiary/aromatic N) is 5. The summed E-state index contributed by atoms with van der Waals surface area (Å²) >= 11 is 0. The fourth-order valence-corrected chi connectivity index (χ4v) is 2.59. The molecule has 0 N–H and O–H groups in total. The van der Waals surface area contributed by atoms with E-state index in [1.54, 1.807) is 28.0 Å². The number of benzene rings is 1. The van der Waals surface area contributed by atoms with Gasteiger partial charge in [-0.15, -0.1) is 5.10 Å².